The Morgan fingerprint density at radius 3 is 1.36 bits per heavy atom. The van der Waals surface area contributed by atoms with Crippen molar-refractivity contribution < 1.29 is 67.2 Å². The number of carbonyl (C=O) groups is 2. The molecule has 7 aromatic carbocycles. The predicted molar refractivity (Wildman–Crippen MR) is 267 cm³/mol. The van der Waals surface area contributed by atoms with Gasteiger partial charge in [-0.05, 0) is 133 Å². The summed E-state index contributed by atoms with van der Waals surface area (Å²) in [5.41, 5.74) is 6.09. The maximum Gasteiger partial charge on any atom is 0.416 e. The van der Waals surface area contributed by atoms with Crippen molar-refractivity contribution in [1.29, 1.82) is 0 Å². The van der Waals surface area contributed by atoms with Crippen LogP contribution in [0.3, 0.4) is 0 Å². The summed E-state index contributed by atoms with van der Waals surface area (Å²) in [4.78, 5) is 34.5. The van der Waals surface area contributed by atoms with E-state index in [-0.39, 0.29) is 45.4 Å². The van der Waals surface area contributed by atoms with E-state index in [9.17, 15) is 62.9 Å². The molecule has 394 valence electrons. The molecule has 15 nitrogen and oxygen atoms in total. The molecule has 0 spiro atoms. The fraction of sp³-hybridized carbons (Fsp3) is 0.154. The number of amides is 1. The van der Waals surface area contributed by atoms with Crippen LogP contribution in [0.4, 0.5) is 43.4 Å². The monoisotopic (exact) mass is 1080 g/mol. The molecule has 1 fully saturated rings. The van der Waals surface area contributed by atoms with Crippen molar-refractivity contribution in [2.45, 2.75) is 48.1 Å². The van der Waals surface area contributed by atoms with Crippen LogP contribution < -0.4 is 25.2 Å². The largest absolute Gasteiger partial charge is 0.423 e. The Kier molecular flexibility index (Phi) is 20.6. The zero-order valence-corrected chi connectivity index (χ0v) is 40.9. The molecule has 23 heteroatoms. The molecule has 0 bridgehead atoms. The first-order valence-electron chi connectivity index (χ1n) is 22.2. The Balaban J connectivity index is 0.000000212. The van der Waals surface area contributed by atoms with Gasteiger partial charge in [0.25, 0.3) is 31.6 Å². The fourth-order valence-corrected chi connectivity index (χ4v) is 8.35. The van der Waals surface area contributed by atoms with E-state index >= 15 is 0 Å². The lowest BCUT2D eigenvalue weighted by molar-refractivity contribution is -0.384. The van der Waals surface area contributed by atoms with Gasteiger partial charge in [-0.25, -0.2) is 21.6 Å². The van der Waals surface area contributed by atoms with Gasteiger partial charge >= 0.3 is 18.3 Å². The van der Waals surface area contributed by atoms with Crippen molar-refractivity contribution in [1.82, 2.24) is 5.32 Å². The third-order valence-corrected chi connectivity index (χ3v) is 13.0. The molecule has 1 aliphatic rings. The number of nitrogens with two attached hydrogens (primary N) is 1. The minimum Gasteiger partial charge on any atom is -0.423 e. The Bertz CT molecular complexity index is 3160. The highest BCUT2D eigenvalue weighted by atomic mass is 32.2. The lowest BCUT2D eigenvalue weighted by Gasteiger charge is -2.10. The summed E-state index contributed by atoms with van der Waals surface area (Å²) >= 11 is 0. The lowest BCUT2D eigenvalue weighted by atomic mass is 10.1. The number of hydrogen-bond donors (Lipinski definition) is 4. The lowest BCUT2D eigenvalue weighted by Crippen LogP contribution is -2.23. The number of nitrogens with one attached hydrogen (secondary N) is 3. The molecule has 8 rings (SSSR count). The fourth-order valence-electron chi connectivity index (χ4n) is 6.23. The summed E-state index contributed by atoms with van der Waals surface area (Å²) < 4.78 is 138. The molecule has 0 radical (unpaired) electrons. The standard InChI is InChI=1S/C21H17F3N2O3S.C19H14N2O6S.C8H8F3N.C4H8O/c22-21(23,24)17-10-6-15(7-11-17)14-25-20(27)16-8-12-19(13-9-16)30(28,29)26-18-4-2-1-3-5-18;22-19(27-17-10-8-16(9-11-17)21(23)24)14-6-12-18(13-7-14)28(25,26)20-15-4-2-1-3-5-15;9-8(10,11)7-3-1-6(5-12)2-4-7;1-2-4-5-3-1/h1-13,26H,14H2,(H,25,27);1-13,20H;1-4H,5,12H2;1-4H2. The number of nitro groups is 1. The van der Waals surface area contributed by atoms with Crippen LogP contribution in [0, 0.1) is 10.1 Å². The normalized spacial score (nSPS) is 12.2. The smallest absolute Gasteiger partial charge is 0.416 e. The Morgan fingerprint density at radius 1 is 0.573 bits per heavy atom. The molecule has 0 saturated carbocycles. The third kappa shape index (κ3) is 18.7. The van der Waals surface area contributed by atoms with Crippen LogP contribution in [0.25, 0.3) is 0 Å². The molecule has 0 atom stereocenters. The third-order valence-electron chi connectivity index (χ3n) is 10.2. The highest BCUT2D eigenvalue weighted by molar-refractivity contribution is 7.93. The minimum absolute atomic E-state index is 0.00866. The number of para-hydroxylation sites is 2. The number of nitrogens with zero attached hydrogens (tertiary/aromatic N) is 1. The molecule has 1 heterocycles. The van der Waals surface area contributed by atoms with Crippen molar-refractivity contribution in [3.8, 4) is 5.75 Å². The number of carbonyl (C=O) groups excluding carboxylic acids is 2. The van der Waals surface area contributed by atoms with Gasteiger partial charge < -0.3 is 20.5 Å². The van der Waals surface area contributed by atoms with Crippen molar-refractivity contribution in [3.05, 3.63) is 225 Å². The van der Waals surface area contributed by atoms with Gasteiger partial charge in [-0.15, -0.1) is 0 Å². The maximum atomic E-state index is 12.6. The maximum absolute atomic E-state index is 12.6. The van der Waals surface area contributed by atoms with Crippen molar-refractivity contribution >= 4 is 49.0 Å². The van der Waals surface area contributed by atoms with Gasteiger partial charge in [-0.2, -0.15) is 26.3 Å². The first-order chi connectivity index (χ1) is 35.5. The number of alkyl halides is 6. The van der Waals surface area contributed by atoms with Crippen LogP contribution >= 0.6 is 0 Å². The van der Waals surface area contributed by atoms with Crippen LogP contribution in [0.2, 0.25) is 0 Å². The number of nitro benzene ring substituents is 1. The number of non-ortho nitro benzene ring substituents is 1. The second-order valence-electron chi connectivity index (χ2n) is 15.7. The predicted octanol–water partition coefficient (Wildman–Crippen LogP) is 11.0. The summed E-state index contributed by atoms with van der Waals surface area (Å²) in [6.07, 6.45) is -6.12. The van der Waals surface area contributed by atoms with E-state index in [0.29, 0.717) is 22.5 Å². The number of ether oxygens (including phenoxy) is 2. The van der Waals surface area contributed by atoms with Crippen LogP contribution in [-0.4, -0.2) is 46.8 Å². The Labute approximate surface area is 427 Å². The average Bonchev–Trinajstić information content (AvgIpc) is 4.00. The highest BCUT2D eigenvalue weighted by Gasteiger charge is 2.31. The van der Waals surface area contributed by atoms with Gasteiger partial charge in [0.2, 0.25) is 0 Å². The van der Waals surface area contributed by atoms with E-state index < -0.39 is 60.3 Å². The molecular formula is C52H47F6N5O10S2. The minimum atomic E-state index is -4.42. The molecular weight excluding hydrogens is 1030 g/mol. The summed E-state index contributed by atoms with van der Waals surface area (Å²) in [6.45, 7) is 2.30. The van der Waals surface area contributed by atoms with Crippen LogP contribution in [0.15, 0.2) is 192 Å². The van der Waals surface area contributed by atoms with Gasteiger partial charge in [0.05, 0.1) is 31.4 Å². The number of benzene rings is 7. The molecule has 75 heavy (non-hydrogen) atoms. The van der Waals surface area contributed by atoms with E-state index in [1.165, 1.54) is 110 Å². The zero-order valence-electron chi connectivity index (χ0n) is 39.3. The van der Waals surface area contributed by atoms with Crippen molar-refractivity contribution in [2.75, 3.05) is 22.7 Å². The number of esters is 1. The summed E-state index contributed by atoms with van der Waals surface area (Å²) in [5, 5.41) is 13.2. The molecule has 0 aliphatic carbocycles. The second-order valence-corrected chi connectivity index (χ2v) is 19.1. The van der Waals surface area contributed by atoms with Gasteiger partial charge in [0, 0.05) is 55.4 Å². The van der Waals surface area contributed by atoms with E-state index in [0.717, 1.165) is 37.5 Å². The Hall–Kier alpha value is -8.12. The number of anilines is 2. The van der Waals surface area contributed by atoms with Gasteiger partial charge in [-0.1, -0.05) is 60.7 Å². The molecule has 0 unspecified atom stereocenters. The molecule has 1 saturated heterocycles. The van der Waals surface area contributed by atoms with Gasteiger partial charge in [-0.3, -0.25) is 24.4 Å². The molecule has 5 N–H and O–H groups in total. The van der Waals surface area contributed by atoms with Crippen LogP contribution in [0.5, 0.6) is 5.75 Å². The molecule has 0 aromatic heterocycles. The van der Waals surface area contributed by atoms with Crippen LogP contribution in [0.1, 0.15) is 55.8 Å². The number of halogens is 6. The topological polar surface area (TPSA) is 226 Å². The van der Waals surface area contributed by atoms with E-state index in [4.69, 9.17) is 15.2 Å². The van der Waals surface area contributed by atoms with Crippen molar-refractivity contribution in [3.63, 3.8) is 0 Å². The van der Waals surface area contributed by atoms with Crippen LogP contribution in [-0.2, 0) is 50.2 Å². The molecule has 1 aliphatic heterocycles. The average molecular weight is 1080 g/mol. The number of sulfonamides is 2. The molecule has 7 aromatic rings. The van der Waals surface area contributed by atoms with Crippen molar-refractivity contribution in [2.24, 2.45) is 5.73 Å². The summed E-state index contributed by atoms with van der Waals surface area (Å²) in [6, 6.07) is 41.7. The molecule has 1 amide bonds. The highest BCUT2D eigenvalue weighted by Crippen LogP contribution is 2.30. The summed E-state index contributed by atoms with van der Waals surface area (Å²) in [7, 11) is -7.59. The first-order valence-corrected chi connectivity index (χ1v) is 25.2. The van der Waals surface area contributed by atoms with E-state index in [2.05, 4.69) is 14.8 Å². The van der Waals surface area contributed by atoms with Gasteiger partial charge in [0.15, 0.2) is 0 Å². The number of hydrogen-bond acceptors (Lipinski definition) is 11. The zero-order chi connectivity index (χ0) is 54.7. The van der Waals surface area contributed by atoms with E-state index in [1.807, 2.05) is 0 Å². The quantitative estimate of drug-likeness (QED) is 0.0279. The Morgan fingerprint density at radius 2 is 0.987 bits per heavy atom. The van der Waals surface area contributed by atoms with E-state index in [1.54, 1.807) is 60.7 Å². The summed E-state index contributed by atoms with van der Waals surface area (Å²) in [5.74, 6) is -1.05. The first kappa shape index (κ1) is 57.8. The second kappa shape index (κ2) is 26.7. The SMILES string of the molecule is C1CCOC1.NCc1ccc(C(F)(F)F)cc1.O=C(NCc1ccc(C(F)(F)F)cc1)c1ccc(S(=O)(=O)Nc2ccccc2)cc1.O=C(Oc1ccc([N+](=O)[O-])cc1)c1ccc(S(=O)(=O)Nc2ccccc2)cc1. The number of rotatable bonds is 13. The van der Waals surface area contributed by atoms with Gasteiger partial charge in [0.1, 0.15) is 5.75 Å².